The highest BCUT2D eigenvalue weighted by Crippen LogP contribution is 2.37. The molecule has 21 heavy (non-hydrogen) atoms. The van der Waals surface area contributed by atoms with Crippen molar-refractivity contribution in [3.63, 3.8) is 0 Å². The first-order valence-corrected chi connectivity index (χ1v) is 7.95. The van der Waals surface area contributed by atoms with Gasteiger partial charge in [0, 0.05) is 5.56 Å². The topological polar surface area (TPSA) is 68.3 Å². The summed E-state index contributed by atoms with van der Waals surface area (Å²) in [5.74, 6) is 1.65. The van der Waals surface area contributed by atoms with Crippen LogP contribution in [0.15, 0.2) is 10.5 Å². The van der Waals surface area contributed by atoms with E-state index >= 15 is 0 Å². The fraction of sp³-hybridized carbons (Fsp3) is 0.625. The highest BCUT2D eigenvalue weighted by molar-refractivity contribution is 7.80. The van der Waals surface area contributed by atoms with Crippen molar-refractivity contribution in [2.24, 2.45) is 11.1 Å². The van der Waals surface area contributed by atoms with Crippen LogP contribution in [0.5, 0.6) is 0 Å². The lowest BCUT2D eigenvalue weighted by Gasteiger charge is -2.35. The maximum Gasteiger partial charge on any atom is 0.233 e. The van der Waals surface area contributed by atoms with Gasteiger partial charge in [-0.3, -0.25) is 4.79 Å². The average molecular weight is 308 g/mol. The third-order valence-corrected chi connectivity index (χ3v) is 4.90. The van der Waals surface area contributed by atoms with Crippen LogP contribution in [0.1, 0.15) is 62.2 Å². The average Bonchev–Trinajstić information content (AvgIpc) is 2.78. The Hall–Kier alpha value is -1.36. The molecule has 1 amide bonds. The van der Waals surface area contributed by atoms with Crippen LogP contribution >= 0.6 is 12.2 Å². The zero-order chi connectivity index (χ0) is 15.6. The number of carbonyl (C=O) groups is 1. The van der Waals surface area contributed by atoms with Crippen molar-refractivity contribution >= 4 is 23.1 Å². The van der Waals surface area contributed by atoms with Crippen LogP contribution in [-0.4, -0.2) is 10.9 Å². The molecule has 0 aromatic carbocycles. The molecule has 1 aromatic heterocycles. The Morgan fingerprint density at radius 1 is 1.38 bits per heavy atom. The highest BCUT2D eigenvalue weighted by atomic mass is 32.1. The van der Waals surface area contributed by atoms with Gasteiger partial charge < -0.3 is 15.5 Å². The minimum atomic E-state index is -0.672. The molecule has 116 valence electrons. The first-order valence-electron chi connectivity index (χ1n) is 7.54. The molecule has 1 heterocycles. The van der Waals surface area contributed by atoms with Gasteiger partial charge >= 0.3 is 0 Å². The summed E-state index contributed by atoms with van der Waals surface area (Å²) in [6.07, 6.45) is 4.66. The normalized spacial score (nSPS) is 19.0. The summed E-state index contributed by atoms with van der Waals surface area (Å²) < 4.78 is 5.53. The first kappa shape index (κ1) is 16.0. The minimum absolute atomic E-state index is 0.0412. The molecule has 4 nitrogen and oxygen atoms in total. The van der Waals surface area contributed by atoms with Gasteiger partial charge in [-0.1, -0.05) is 31.5 Å². The number of hydrogen-bond donors (Lipinski definition) is 2. The molecule has 1 atom stereocenters. The molecule has 0 spiro atoms. The van der Waals surface area contributed by atoms with Gasteiger partial charge in [0.1, 0.15) is 11.5 Å². The fourth-order valence-corrected chi connectivity index (χ4v) is 3.53. The van der Waals surface area contributed by atoms with E-state index in [4.69, 9.17) is 22.4 Å². The third kappa shape index (κ3) is 3.12. The lowest BCUT2D eigenvalue weighted by atomic mass is 9.73. The van der Waals surface area contributed by atoms with Gasteiger partial charge in [0.25, 0.3) is 0 Å². The van der Waals surface area contributed by atoms with E-state index in [2.05, 4.69) is 5.32 Å². The second-order valence-electron chi connectivity index (χ2n) is 6.07. The zero-order valence-corrected chi connectivity index (χ0v) is 13.8. The largest absolute Gasteiger partial charge is 0.466 e. The van der Waals surface area contributed by atoms with Crippen LogP contribution in [0.3, 0.4) is 0 Å². The van der Waals surface area contributed by atoms with Crippen molar-refractivity contribution in [2.75, 3.05) is 0 Å². The van der Waals surface area contributed by atoms with Crippen LogP contribution in [-0.2, 0) is 4.79 Å². The molecular weight excluding hydrogens is 284 g/mol. The minimum Gasteiger partial charge on any atom is -0.466 e. The number of nitrogens with one attached hydrogen (secondary N) is 1. The number of nitrogens with two attached hydrogens (primary N) is 1. The molecule has 1 aliphatic rings. The second kappa shape index (κ2) is 6.18. The Labute approximate surface area is 131 Å². The van der Waals surface area contributed by atoms with E-state index in [-0.39, 0.29) is 11.9 Å². The van der Waals surface area contributed by atoms with Gasteiger partial charge in [0.2, 0.25) is 5.91 Å². The van der Waals surface area contributed by atoms with E-state index in [0.717, 1.165) is 49.2 Å². The van der Waals surface area contributed by atoms with Crippen molar-refractivity contribution in [3.05, 3.63) is 23.2 Å². The van der Waals surface area contributed by atoms with Gasteiger partial charge in [0.05, 0.1) is 16.4 Å². The van der Waals surface area contributed by atoms with Gasteiger partial charge in [-0.2, -0.15) is 0 Å². The van der Waals surface area contributed by atoms with Crippen molar-refractivity contribution in [1.82, 2.24) is 5.32 Å². The Bertz CT molecular complexity index is 544. The maximum atomic E-state index is 12.8. The number of aryl methyl sites for hydroxylation is 2. The van der Waals surface area contributed by atoms with E-state index in [1.807, 2.05) is 26.8 Å². The standard InChI is InChI=1S/C16H24N2O2S/c1-10-9-13(12(3)20-10)11(2)18-15(19)16(14(17)21)7-5-4-6-8-16/h9,11H,4-8H2,1-3H3,(H2,17,21)(H,18,19). The predicted octanol–water partition coefficient (Wildman–Crippen LogP) is 3.31. The van der Waals surface area contributed by atoms with Crippen molar-refractivity contribution in [3.8, 4) is 0 Å². The van der Waals surface area contributed by atoms with Gasteiger partial charge in [0.15, 0.2) is 0 Å². The summed E-state index contributed by atoms with van der Waals surface area (Å²) in [4.78, 5) is 13.1. The summed E-state index contributed by atoms with van der Waals surface area (Å²) in [5.41, 5.74) is 6.24. The van der Waals surface area contributed by atoms with E-state index < -0.39 is 5.41 Å². The van der Waals surface area contributed by atoms with E-state index in [1.54, 1.807) is 0 Å². The molecule has 1 unspecified atom stereocenters. The summed E-state index contributed by atoms with van der Waals surface area (Å²) in [6, 6.07) is 1.86. The summed E-state index contributed by atoms with van der Waals surface area (Å²) >= 11 is 5.20. The second-order valence-corrected chi connectivity index (χ2v) is 6.51. The smallest absolute Gasteiger partial charge is 0.233 e. The lowest BCUT2D eigenvalue weighted by Crippen LogP contribution is -2.50. The Morgan fingerprint density at radius 2 is 2.00 bits per heavy atom. The van der Waals surface area contributed by atoms with Gasteiger partial charge in [-0.15, -0.1) is 0 Å². The Kier molecular flexibility index (Phi) is 4.71. The lowest BCUT2D eigenvalue weighted by molar-refractivity contribution is -0.129. The fourth-order valence-electron chi connectivity index (χ4n) is 3.23. The van der Waals surface area contributed by atoms with Crippen LogP contribution in [0.4, 0.5) is 0 Å². The molecule has 1 fully saturated rings. The Morgan fingerprint density at radius 3 is 2.48 bits per heavy atom. The van der Waals surface area contributed by atoms with Crippen LogP contribution < -0.4 is 11.1 Å². The van der Waals surface area contributed by atoms with E-state index in [1.165, 1.54) is 0 Å². The SMILES string of the molecule is Cc1cc(C(C)NC(=O)C2(C(N)=S)CCCCC2)c(C)o1. The van der Waals surface area contributed by atoms with E-state index in [0.29, 0.717) is 4.99 Å². The first-order chi connectivity index (χ1) is 9.86. The van der Waals surface area contributed by atoms with Gasteiger partial charge in [-0.05, 0) is 39.7 Å². The number of amides is 1. The molecule has 0 aliphatic heterocycles. The number of carbonyl (C=O) groups excluding carboxylic acids is 1. The molecule has 1 aromatic rings. The van der Waals surface area contributed by atoms with Crippen LogP contribution in [0, 0.1) is 19.3 Å². The maximum absolute atomic E-state index is 12.8. The van der Waals surface area contributed by atoms with Crippen molar-refractivity contribution in [1.29, 1.82) is 0 Å². The summed E-state index contributed by atoms with van der Waals surface area (Å²) in [5, 5.41) is 3.08. The monoisotopic (exact) mass is 308 g/mol. The molecule has 1 saturated carbocycles. The van der Waals surface area contributed by atoms with Gasteiger partial charge in [-0.25, -0.2) is 0 Å². The van der Waals surface area contributed by atoms with Crippen LogP contribution in [0.2, 0.25) is 0 Å². The summed E-state index contributed by atoms with van der Waals surface area (Å²) in [6.45, 7) is 5.78. The molecule has 1 aliphatic carbocycles. The third-order valence-electron chi connectivity index (χ3n) is 4.51. The number of rotatable bonds is 4. The highest BCUT2D eigenvalue weighted by Gasteiger charge is 2.42. The summed E-state index contributed by atoms with van der Waals surface area (Å²) in [7, 11) is 0. The molecule has 0 radical (unpaired) electrons. The van der Waals surface area contributed by atoms with Crippen molar-refractivity contribution < 1.29 is 9.21 Å². The molecular formula is C16H24N2O2S. The zero-order valence-electron chi connectivity index (χ0n) is 13.0. The number of thiocarbonyl (C=S) groups is 1. The number of furan rings is 1. The molecule has 2 rings (SSSR count). The molecule has 3 N–H and O–H groups in total. The quantitative estimate of drug-likeness (QED) is 0.837. The molecule has 5 heteroatoms. The van der Waals surface area contributed by atoms with Crippen molar-refractivity contribution in [2.45, 2.75) is 58.9 Å². The van der Waals surface area contributed by atoms with E-state index in [9.17, 15) is 4.79 Å². The molecule has 0 saturated heterocycles. The number of hydrogen-bond acceptors (Lipinski definition) is 3. The Balaban J connectivity index is 2.15. The predicted molar refractivity (Wildman–Crippen MR) is 87.0 cm³/mol. The molecule has 0 bridgehead atoms. The van der Waals surface area contributed by atoms with Crippen LogP contribution in [0.25, 0.3) is 0 Å².